The van der Waals surface area contributed by atoms with Gasteiger partial charge in [0.1, 0.15) is 0 Å². The Balaban J connectivity index is 1.42. The molecule has 0 fully saturated rings. The summed E-state index contributed by atoms with van der Waals surface area (Å²) in [5.41, 5.74) is 4.66. The second-order valence-electron chi connectivity index (χ2n) is 6.39. The summed E-state index contributed by atoms with van der Waals surface area (Å²) in [6, 6.07) is 16.6. The van der Waals surface area contributed by atoms with Crippen molar-refractivity contribution in [2.75, 3.05) is 11.4 Å². The molecule has 2 aromatic carbocycles. The van der Waals surface area contributed by atoms with Gasteiger partial charge in [-0.25, -0.2) is 4.79 Å². The number of carbonyl (C=O) groups excluding carboxylic acids is 1. The van der Waals surface area contributed by atoms with Crippen LogP contribution in [0.1, 0.15) is 18.1 Å². The molecule has 0 bridgehead atoms. The number of fused-ring (bicyclic) bond motifs is 2. The molecule has 4 heteroatoms. The minimum Gasteiger partial charge on any atom is -0.361 e. The van der Waals surface area contributed by atoms with E-state index in [1.165, 1.54) is 16.5 Å². The molecule has 0 aliphatic carbocycles. The fourth-order valence-corrected chi connectivity index (χ4v) is 3.60. The summed E-state index contributed by atoms with van der Waals surface area (Å²) in [6.07, 6.45) is 3.77. The molecule has 0 saturated carbocycles. The van der Waals surface area contributed by atoms with Crippen LogP contribution in [-0.2, 0) is 12.8 Å². The summed E-state index contributed by atoms with van der Waals surface area (Å²) in [7, 11) is 0. The van der Waals surface area contributed by atoms with Crippen LogP contribution >= 0.6 is 0 Å². The Morgan fingerprint density at radius 2 is 2.00 bits per heavy atom. The maximum absolute atomic E-state index is 12.6. The van der Waals surface area contributed by atoms with Gasteiger partial charge in [-0.3, -0.25) is 4.90 Å². The third-order valence-corrected chi connectivity index (χ3v) is 4.77. The molecular formula is C20H21N3O. The molecule has 2 N–H and O–H groups in total. The van der Waals surface area contributed by atoms with Crippen LogP contribution in [0.2, 0.25) is 0 Å². The number of anilines is 1. The van der Waals surface area contributed by atoms with Crippen LogP contribution in [0.25, 0.3) is 10.9 Å². The molecule has 2 amide bonds. The number of para-hydroxylation sites is 2. The third-order valence-electron chi connectivity index (χ3n) is 4.77. The molecule has 0 radical (unpaired) electrons. The number of aromatic nitrogens is 1. The smallest absolute Gasteiger partial charge is 0.322 e. The van der Waals surface area contributed by atoms with E-state index in [0.717, 1.165) is 24.0 Å². The number of H-pyrrole nitrogens is 1. The molecule has 1 aliphatic heterocycles. The van der Waals surface area contributed by atoms with Crippen molar-refractivity contribution in [1.29, 1.82) is 0 Å². The Kier molecular flexibility index (Phi) is 3.73. The number of nitrogens with one attached hydrogen (secondary N) is 2. The second-order valence-corrected chi connectivity index (χ2v) is 6.39. The SMILES string of the molecule is CC1Cc2ccccc2N1C(=O)NCCc1c[nH]c2ccccc12. The van der Waals surface area contributed by atoms with Gasteiger partial charge >= 0.3 is 6.03 Å². The van der Waals surface area contributed by atoms with E-state index in [1.54, 1.807) is 0 Å². The zero-order chi connectivity index (χ0) is 16.5. The van der Waals surface area contributed by atoms with E-state index in [0.29, 0.717) is 6.54 Å². The molecule has 4 nitrogen and oxygen atoms in total. The van der Waals surface area contributed by atoms with Crippen LogP contribution in [0.15, 0.2) is 54.7 Å². The van der Waals surface area contributed by atoms with Crippen LogP contribution in [0.3, 0.4) is 0 Å². The Labute approximate surface area is 141 Å². The topological polar surface area (TPSA) is 48.1 Å². The normalized spacial score (nSPS) is 16.4. The van der Waals surface area contributed by atoms with Crippen LogP contribution in [0.4, 0.5) is 10.5 Å². The van der Waals surface area contributed by atoms with Crippen molar-refractivity contribution in [2.45, 2.75) is 25.8 Å². The predicted octanol–water partition coefficient (Wildman–Crippen LogP) is 3.87. The van der Waals surface area contributed by atoms with Gasteiger partial charge in [0.15, 0.2) is 0 Å². The van der Waals surface area contributed by atoms with Gasteiger partial charge in [-0.05, 0) is 43.0 Å². The van der Waals surface area contributed by atoms with E-state index in [2.05, 4.69) is 35.4 Å². The Morgan fingerprint density at radius 3 is 2.92 bits per heavy atom. The lowest BCUT2D eigenvalue weighted by Crippen LogP contribution is -2.43. The van der Waals surface area contributed by atoms with Crippen molar-refractivity contribution in [1.82, 2.24) is 10.3 Å². The molecule has 122 valence electrons. The summed E-state index contributed by atoms with van der Waals surface area (Å²) in [5, 5.41) is 4.30. The molecule has 0 spiro atoms. The average Bonchev–Trinajstić information content (AvgIpc) is 3.15. The summed E-state index contributed by atoms with van der Waals surface area (Å²) < 4.78 is 0. The lowest BCUT2D eigenvalue weighted by atomic mass is 10.1. The Bertz CT molecular complexity index is 883. The highest BCUT2D eigenvalue weighted by atomic mass is 16.2. The summed E-state index contributed by atoms with van der Waals surface area (Å²) in [5.74, 6) is 0. The molecule has 1 unspecified atom stereocenters. The van der Waals surface area contributed by atoms with Crippen molar-refractivity contribution in [3.63, 3.8) is 0 Å². The first kappa shape index (κ1) is 14.8. The van der Waals surface area contributed by atoms with Gasteiger partial charge in [-0.1, -0.05) is 36.4 Å². The van der Waals surface area contributed by atoms with Crippen molar-refractivity contribution >= 4 is 22.6 Å². The van der Waals surface area contributed by atoms with Crippen molar-refractivity contribution in [2.24, 2.45) is 0 Å². The first-order valence-electron chi connectivity index (χ1n) is 8.44. The quantitative estimate of drug-likeness (QED) is 0.756. The number of carbonyl (C=O) groups is 1. The third kappa shape index (κ3) is 2.54. The van der Waals surface area contributed by atoms with E-state index in [4.69, 9.17) is 0 Å². The van der Waals surface area contributed by atoms with Gasteiger partial charge in [-0.2, -0.15) is 0 Å². The number of hydrogen-bond acceptors (Lipinski definition) is 1. The number of urea groups is 1. The highest BCUT2D eigenvalue weighted by Crippen LogP contribution is 2.31. The van der Waals surface area contributed by atoms with Crippen LogP contribution < -0.4 is 10.2 Å². The van der Waals surface area contributed by atoms with Gasteiger partial charge in [-0.15, -0.1) is 0 Å². The van der Waals surface area contributed by atoms with Gasteiger partial charge in [0, 0.05) is 35.4 Å². The minimum atomic E-state index is -0.00714. The van der Waals surface area contributed by atoms with Crippen LogP contribution in [0, 0.1) is 0 Å². The van der Waals surface area contributed by atoms with E-state index in [9.17, 15) is 4.79 Å². The average molecular weight is 319 g/mol. The van der Waals surface area contributed by atoms with E-state index in [1.807, 2.05) is 41.4 Å². The molecule has 1 aromatic heterocycles. The standard InChI is InChI=1S/C20H21N3O/c1-14-12-15-6-2-5-9-19(15)23(14)20(24)21-11-10-16-13-22-18-8-4-3-7-17(16)18/h2-9,13-14,22H,10-12H2,1H3,(H,21,24). The van der Waals surface area contributed by atoms with E-state index >= 15 is 0 Å². The zero-order valence-corrected chi connectivity index (χ0v) is 13.8. The molecule has 2 heterocycles. The number of benzene rings is 2. The largest absolute Gasteiger partial charge is 0.361 e. The predicted molar refractivity (Wildman–Crippen MR) is 97.5 cm³/mol. The first-order chi connectivity index (χ1) is 11.7. The molecule has 1 atom stereocenters. The van der Waals surface area contributed by atoms with Gasteiger partial charge in [0.25, 0.3) is 0 Å². The number of hydrogen-bond donors (Lipinski definition) is 2. The number of aromatic amines is 1. The minimum absolute atomic E-state index is 0.00714. The summed E-state index contributed by atoms with van der Waals surface area (Å²) in [4.78, 5) is 17.8. The zero-order valence-electron chi connectivity index (χ0n) is 13.8. The highest BCUT2D eigenvalue weighted by molar-refractivity contribution is 5.95. The maximum Gasteiger partial charge on any atom is 0.322 e. The highest BCUT2D eigenvalue weighted by Gasteiger charge is 2.30. The van der Waals surface area contributed by atoms with Crippen LogP contribution in [0.5, 0.6) is 0 Å². The second kappa shape index (κ2) is 6.04. The van der Waals surface area contributed by atoms with Gasteiger partial charge < -0.3 is 10.3 Å². The monoisotopic (exact) mass is 319 g/mol. The molecule has 3 aromatic rings. The summed E-state index contributed by atoms with van der Waals surface area (Å²) >= 11 is 0. The van der Waals surface area contributed by atoms with E-state index in [-0.39, 0.29) is 12.1 Å². The lowest BCUT2D eigenvalue weighted by Gasteiger charge is -2.23. The fraction of sp³-hybridized carbons (Fsp3) is 0.250. The summed E-state index contributed by atoms with van der Waals surface area (Å²) in [6.45, 7) is 2.73. The van der Waals surface area contributed by atoms with Gasteiger partial charge in [0.05, 0.1) is 0 Å². The van der Waals surface area contributed by atoms with Gasteiger partial charge in [0.2, 0.25) is 0 Å². The Hall–Kier alpha value is -2.75. The number of rotatable bonds is 3. The number of amides is 2. The molecule has 0 saturated heterocycles. The van der Waals surface area contributed by atoms with Crippen LogP contribution in [-0.4, -0.2) is 23.6 Å². The Morgan fingerprint density at radius 1 is 1.21 bits per heavy atom. The molecule has 1 aliphatic rings. The molecule has 24 heavy (non-hydrogen) atoms. The van der Waals surface area contributed by atoms with E-state index < -0.39 is 0 Å². The molecular weight excluding hydrogens is 298 g/mol. The molecule has 4 rings (SSSR count). The number of nitrogens with zero attached hydrogens (tertiary/aromatic N) is 1. The van der Waals surface area contributed by atoms with Crippen molar-refractivity contribution in [3.8, 4) is 0 Å². The van der Waals surface area contributed by atoms with Crippen molar-refractivity contribution in [3.05, 3.63) is 65.9 Å². The lowest BCUT2D eigenvalue weighted by molar-refractivity contribution is 0.245. The fourth-order valence-electron chi connectivity index (χ4n) is 3.60. The first-order valence-corrected chi connectivity index (χ1v) is 8.44. The maximum atomic E-state index is 12.6. The van der Waals surface area contributed by atoms with Crippen molar-refractivity contribution < 1.29 is 4.79 Å².